The number of fused-ring (bicyclic) bond motifs is 1. The molecule has 1 saturated carbocycles. The van der Waals surface area contributed by atoms with Crippen LogP contribution >= 0.6 is 0 Å². The van der Waals surface area contributed by atoms with Crippen LogP contribution in [0.25, 0.3) is 0 Å². The highest BCUT2D eigenvalue weighted by Crippen LogP contribution is 2.34. The van der Waals surface area contributed by atoms with E-state index in [1.54, 1.807) is 31.4 Å². The van der Waals surface area contributed by atoms with E-state index >= 15 is 0 Å². The first-order valence-corrected chi connectivity index (χ1v) is 10.2. The Morgan fingerprint density at radius 3 is 2.76 bits per heavy atom. The van der Waals surface area contributed by atoms with Crippen molar-refractivity contribution < 1.29 is 28.5 Å². The van der Waals surface area contributed by atoms with Crippen LogP contribution in [0, 0.1) is 5.92 Å². The Morgan fingerprint density at radius 1 is 1.21 bits per heavy atom. The van der Waals surface area contributed by atoms with Crippen LogP contribution in [0.4, 0.5) is 0 Å². The summed E-state index contributed by atoms with van der Waals surface area (Å²) < 4.78 is 22.4. The summed E-state index contributed by atoms with van der Waals surface area (Å²) in [4.78, 5) is 25.0. The van der Waals surface area contributed by atoms with Gasteiger partial charge < -0.3 is 24.3 Å². The maximum atomic E-state index is 12.8. The molecule has 0 bridgehead atoms. The number of Topliss-reactive ketones (excluding diaryl/α,β-unsaturated/α-hetero) is 1. The summed E-state index contributed by atoms with van der Waals surface area (Å²) in [5.74, 6) is 0.324. The predicted octanol–water partition coefficient (Wildman–Crippen LogP) is 2.60. The summed E-state index contributed by atoms with van der Waals surface area (Å²) in [6, 6.07) is 6.73. The standard InChI is InChI=1S/C22H27NO6/c1-26-16-8-9-18-19(11-16)28-13-20(21(18)24)29-15-6-4-14(5-7-15)22(25)23-12-17-3-2-10-27-17/h4-7,13,16-19H,2-3,8-12H2,1H3,(H,23,25). The molecule has 2 heterocycles. The van der Waals surface area contributed by atoms with Crippen LogP contribution in [0.1, 0.15) is 42.5 Å². The normalized spacial score (nSPS) is 28.9. The molecule has 7 nitrogen and oxygen atoms in total. The van der Waals surface area contributed by atoms with Gasteiger partial charge in [-0.05, 0) is 49.9 Å². The number of ether oxygens (including phenoxy) is 4. The topological polar surface area (TPSA) is 83.1 Å². The van der Waals surface area contributed by atoms with E-state index in [2.05, 4.69) is 5.32 Å². The molecular formula is C22H27NO6. The molecule has 2 aliphatic heterocycles. The van der Waals surface area contributed by atoms with Crippen LogP contribution < -0.4 is 10.1 Å². The molecule has 1 saturated heterocycles. The second-order valence-corrected chi connectivity index (χ2v) is 7.77. The molecule has 7 heteroatoms. The van der Waals surface area contributed by atoms with Crippen molar-refractivity contribution in [3.63, 3.8) is 0 Å². The van der Waals surface area contributed by atoms with E-state index < -0.39 is 0 Å². The zero-order valence-corrected chi connectivity index (χ0v) is 16.6. The van der Waals surface area contributed by atoms with Gasteiger partial charge in [-0.15, -0.1) is 0 Å². The molecule has 0 aromatic heterocycles. The van der Waals surface area contributed by atoms with Crippen molar-refractivity contribution >= 4 is 11.7 Å². The Kier molecular flexibility index (Phi) is 6.16. The number of carbonyl (C=O) groups excluding carboxylic acids is 2. The number of nitrogens with one attached hydrogen (secondary N) is 1. The molecule has 29 heavy (non-hydrogen) atoms. The first kappa shape index (κ1) is 19.9. The minimum Gasteiger partial charge on any atom is -0.493 e. The summed E-state index contributed by atoms with van der Waals surface area (Å²) in [7, 11) is 1.69. The maximum absolute atomic E-state index is 12.8. The molecule has 1 N–H and O–H groups in total. The van der Waals surface area contributed by atoms with Crippen molar-refractivity contribution in [1.82, 2.24) is 5.32 Å². The first-order valence-electron chi connectivity index (χ1n) is 10.2. The van der Waals surface area contributed by atoms with Gasteiger partial charge in [-0.3, -0.25) is 9.59 Å². The zero-order valence-electron chi connectivity index (χ0n) is 16.6. The summed E-state index contributed by atoms with van der Waals surface area (Å²) in [5.41, 5.74) is 0.536. The molecule has 4 unspecified atom stereocenters. The molecule has 4 atom stereocenters. The van der Waals surface area contributed by atoms with Crippen molar-refractivity contribution in [1.29, 1.82) is 0 Å². The molecule has 156 valence electrons. The average molecular weight is 401 g/mol. The third-order valence-corrected chi connectivity index (χ3v) is 5.87. The molecule has 0 spiro atoms. The molecular weight excluding hydrogens is 374 g/mol. The highest BCUT2D eigenvalue weighted by molar-refractivity contribution is 5.97. The fourth-order valence-corrected chi connectivity index (χ4v) is 4.14. The summed E-state index contributed by atoms with van der Waals surface area (Å²) in [5, 5.41) is 2.89. The molecule has 0 radical (unpaired) electrons. The molecule has 3 aliphatic rings. The third-order valence-electron chi connectivity index (χ3n) is 5.87. The third kappa shape index (κ3) is 4.62. The lowest BCUT2D eigenvalue weighted by molar-refractivity contribution is -0.133. The second-order valence-electron chi connectivity index (χ2n) is 7.77. The molecule has 1 aliphatic carbocycles. The van der Waals surface area contributed by atoms with Gasteiger partial charge in [0.05, 0.1) is 18.1 Å². The van der Waals surface area contributed by atoms with Gasteiger partial charge in [0.2, 0.25) is 11.5 Å². The van der Waals surface area contributed by atoms with E-state index in [0.717, 1.165) is 32.3 Å². The number of hydrogen-bond donors (Lipinski definition) is 1. The number of carbonyl (C=O) groups is 2. The number of allylic oxidation sites excluding steroid dienone is 1. The number of ketones is 1. The predicted molar refractivity (Wildman–Crippen MR) is 104 cm³/mol. The van der Waals surface area contributed by atoms with Gasteiger partial charge in [0.25, 0.3) is 5.91 Å². The lowest BCUT2D eigenvalue weighted by Gasteiger charge is -2.36. The monoisotopic (exact) mass is 401 g/mol. The van der Waals surface area contributed by atoms with Gasteiger partial charge in [0, 0.05) is 32.2 Å². The summed E-state index contributed by atoms with van der Waals surface area (Å²) >= 11 is 0. The summed E-state index contributed by atoms with van der Waals surface area (Å²) in [6.45, 7) is 1.28. The van der Waals surface area contributed by atoms with Crippen LogP contribution in [0.2, 0.25) is 0 Å². The van der Waals surface area contributed by atoms with E-state index in [0.29, 0.717) is 24.3 Å². The Labute approximate surface area is 170 Å². The van der Waals surface area contributed by atoms with E-state index in [9.17, 15) is 9.59 Å². The smallest absolute Gasteiger partial charge is 0.251 e. The zero-order chi connectivity index (χ0) is 20.2. The number of methoxy groups -OCH3 is 1. The fraction of sp³-hybridized carbons (Fsp3) is 0.545. The van der Waals surface area contributed by atoms with Gasteiger partial charge in [0.1, 0.15) is 18.1 Å². The number of rotatable bonds is 6. The van der Waals surface area contributed by atoms with E-state index in [1.807, 2.05) is 0 Å². The minimum absolute atomic E-state index is 0.0332. The number of benzene rings is 1. The SMILES string of the molecule is COC1CCC2C(=O)C(Oc3ccc(C(=O)NCC4CCCO4)cc3)=COC2C1. The van der Waals surface area contributed by atoms with Gasteiger partial charge >= 0.3 is 0 Å². The van der Waals surface area contributed by atoms with Crippen molar-refractivity contribution in [2.24, 2.45) is 5.92 Å². The van der Waals surface area contributed by atoms with Crippen molar-refractivity contribution in [3.05, 3.63) is 41.9 Å². The molecule has 1 aromatic rings. The molecule has 2 fully saturated rings. The number of hydrogen-bond acceptors (Lipinski definition) is 6. The van der Waals surface area contributed by atoms with E-state index in [1.165, 1.54) is 6.26 Å². The molecule has 4 rings (SSSR count). The largest absolute Gasteiger partial charge is 0.493 e. The fourth-order valence-electron chi connectivity index (χ4n) is 4.14. The van der Waals surface area contributed by atoms with Crippen LogP contribution in [0.3, 0.4) is 0 Å². The number of amides is 1. The molecule has 1 amide bonds. The van der Waals surface area contributed by atoms with Crippen molar-refractivity contribution in [2.75, 3.05) is 20.3 Å². The second kappa shape index (κ2) is 8.97. The van der Waals surface area contributed by atoms with Crippen LogP contribution in [-0.2, 0) is 19.0 Å². The lowest BCUT2D eigenvalue weighted by atomic mass is 9.80. The van der Waals surface area contributed by atoms with Gasteiger partial charge in [-0.1, -0.05) is 0 Å². The van der Waals surface area contributed by atoms with Crippen molar-refractivity contribution in [3.8, 4) is 5.75 Å². The van der Waals surface area contributed by atoms with Crippen LogP contribution in [0.5, 0.6) is 5.75 Å². The van der Waals surface area contributed by atoms with Crippen molar-refractivity contribution in [2.45, 2.75) is 50.4 Å². The Bertz CT molecular complexity index is 768. The lowest BCUT2D eigenvalue weighted by Crippen LogP contribution is -2.42. The van der Waals surface area contributed by atoms with Crippen LogP contribution in [0.15, 0.2) is 36.3 Å². The Balaban J connectivity index is 1.33. The van der Waals surface area contributed by atoms with Gasteiger partial charge in [-0.25, -0.2) is 0 Å². The maximum Gasteiger partial charge on any atom is 0.251 e. The minimum atomic E-state index is -0.191. The van der Waals surface area contributed by atoms with Gasteiger partial charge in [-0.2, -0.15) is 0 Å². The van der Waals surface area contributed by atoms with Gasteiger partial charge in [0.15, 0.2) is 0 Å². The van der Waals surface area contributed by atoms with E-state index in [-0.39, 0.29) is 41.7 Å². The van der Waals surface area contributed by atoms with E-state index in [4.69, 9.17) is 18.9 Å². The first-order chi connectivity index (χ1) is 14.1. The summed E-state index contributed by atoms with van der Waals surface area (Å²) in [6.07, 6.45) is 5.81. The Morgan fingerprint density at radius 2 is 2.03 bits per heavy atom. The quantitative estimate of drug-likeness (QED) is 0.789. The Hall–Kier alpha value is -2.38. The van der Waals surface area contributed by atoms with Crippen LogP contribution in [-0.4, -0.2) is 50.3 Å². The highest BCUT2D eigenvalue weighted by atomic mass is 16.5. The molecule has 1 aromatic carbocycles. The highest BCUT2D eigenvalue weighted by Gasteiger charge is 2.41. The average Bonchev–Trinajstić information content (AvgIpc) is 3.28.